The molecule has 3 aromatic carbocycles. The minimum absolute atomic E-state index is 0.00678. The van der Waals surface area contributed by atoms with Gasteiger partial charge in [0.1, 0.15) is 11.8 Å². The lowest BCUT2D eigenvalue weighted by molar-refractivity contribution is -0.141. The Hall–Kier alpha value is -6.62. The van der Waals surface area contributed by atoms with Crippen LogP contribution in [0.3, 0.4) is 0 Å². The second-order valence-corrected chi connectivity index (χ2v) is 20.2. The first-order valence-electron chi connectivity index (χ1n) is 23.1. The number of nitrogens with two attached hydrogens (primary N) is 1. The molecule has 19 nitrogen and oxygen atoms in total. The van der Waals surface area contributed by atoms with E-state index in [0.29, 0.717) is 48.6 Å². The Kier molecular flexibility index (Phi) is 18.5. The first-order chi connectivity index (χ1) is 33.8. The molecule has 24 heteroatoms. The van der Waals surface area contributed by atoms with Gasteiger partial charge in [0.25, 0.3) is 5.91 Å². The zero-order chi connectivity index (χ0) is 51.3. The second-order valence-electron chi connectivity index (χ2n) is 17.4. The molecule has 0 bridgehead atoms. The molecule has 380 valence electrons. The molecule has 0 radical (unpaired) electrons. The Morgan fingerprint density at radius 2 is 1.58 bits per heavy atom. The second kappa shape index (κ2) is 24.5. The molecule has 7 N–H and O–H groups in total. The first-order valence-corrected chi connectivity index (χ1v) is 25.7. The van der Waals surface area contributed by atoms with Gasteiger partial charge in [-0.2, -0.15) is 30.0 Å². The Bertz CT molecular complexity index is 2730. The highest BCUT2D eigenvalue weighted by atomic mass is 32.2. The van der Waals surface area contributed by atoms with Crippen molar-refractivity contribution in [2.45, 2.75) is 119 Å². The summed E-state index contributed by atoms with van der Waals surface area (Å²) in [5, 5.41) is 27.3. The molecule has 0 unspecified atom stereocenters. The Labute approximate surface area is 412 Å². The molecule has 0 saturated carbocycles. The molecule has 2 saturated heterocycles. The van der Waals surface area contributed by atoms with Gasteiger partial charge in [-0.15, -0.1) is 0 Å². The van der Waals surface area contributed by atoms with E-state index in [-0.39, 0.29) is 88.2 Å². The fraction of sp³-hybridized carbons (Fsp3) is 0.447. The van der Waals surface area contributed by atoms with E-state index in [0.717, 1.165) is 60.7 Å². The highest BCUT2D eigenvalue weighted by Gasteiger charge is 2.42. The molecule has 2 aliphatic heterocycles. The Balaban J connectivity index is 1.01. The van der Waals surface area contributed by atoms with Crippen LogP contribution in [0.5, 0.6) is 5.75 Å². The summed E-state index contributed by atoms with van der Waals surface area (Å²) in [4.78, 5) is 66.4. The van der Waals surface area contributed by atoms with Crippen LogP contribution >= 0.6 is 11.8 Å². The van der Waals surface area contributed by atoms with Gasteiger partial charge in [-0.1, -0.05) is 36.2 Å². The van der Waals surface area contributed by atoms with Crippen LogP contribution in [0, 0.1) is 13.8 Å². The molecule has 2 fully saturated rings. The van der Waals surface area contributed by atoms with Crippen molar-refractivity contribution in [3.05, 3.63) is 99.6 Å². The van der Waals surface area contributed by atoms with Crippen LogP contribution in [-0.2, 0) is 30.6 Å². The lowest BCUT2D eigenvalue weighted by Gasteiger charge is -2.20. The summed E-state index contributed by atoms with van der Waals surface area (Å²) in [6, 6.07) is 13.3. The van der Waals surface area contributed by atoms with Gasteiger partial charge >= 0.3 is 18.2 Å². The number of primary sulfonamides is 1. The van der Waals surface area contributed by atoms with Gasteiger partial charge in [0.15, 0.2) is 5.69 Å². The van der Waals surface area contributed by atoms with Gasteiger partial charge in [-0.3, -0.25) is 14.4 Å². The van der Waals surface area contributed by atoms with Crippen molar-refractivity contribution in [2.75, 3.05) is 18.8 Å². The molecule has 6 rings (SSSR count). The molecule has 1 aromatic heterocycles. The molecule has 4 atom stereocenters. The summed E-state index contributed by atoms with van der Waals surface area (Å²) >= 11 is 1.85. The number of carbonyl (C=O) groups is 5. The quantitative estimate of drug-likeness (QED) is 0.00783. The predicted octanol–water partition coefficient (Wildman–Crippen LogP) is 7.16. The minimum atomic E-state index is -4.86. The maximum atomic E-state index is 14.1. The third-order valence-electron chi connectivity index (χ3n) is 12.0. The van der Waals surface area contributed by atoms with Crippen molar-refractivity contribution in [3.63, 3.8) is 0 Å². The fourth-order valence-electron chi connectivity index (χ4n) is 8.27. The monoisotopic (exact) mass is 1020 g/mol. The van der Waals surface area contributed by atoms with Crippen molar-refractivity contribution < 1.29 is 50.3 Å². The largest absolute Gasteiger partial charge is 0.435 e. The van der Waals surface area contributed by atoms with Crippen LogP contribution in [0.1, 0.15) is 97.8 Å². The maximum absolute atomic E-state index is 14.1. The number of carbonyl (C=O) groups excluding carboxylic acids is 5. The summed E-state index contributed by atoms with van der Waals surface area (Å²) < 4.78 is 72.8. The van der Waals surface area contributed by atoms with E-state index in [1.807, 2.05) is 11.8 Å². The SMILES string of the molecule is Cc1cc(C)c(-c2cc(C(F)(F)F)nn2-c2ccc(S(N)(=O)=O)cc2)cc1OC(=O)[C@H](CCCCNC(=O)CCCCCNC(=O)CCCC[C@@H]1SC[C@@H]2NC(=O)N[C@H]21)NC(=O)c1ccc(N=[N+]=[N-])cc1. The lowest BCUT2D eigenvalue weighted by atomic mass is 10.0. The third kappa shape index (κ3) is 15.2. The maximum Gasteiger partial charge on any atom is 0.435 e. The van der Waals surface area contributed by atoms with E-state index < -0.39 is 39.8 Å². The zero-order valence-electron chi connectivity index (χ0n) is 39.1. The number of fused-ring (bicyclic) bond motifs is 1. The van der Waals surface area contributed by atoms with Gasteiger partial charge in [0, 0.05) is 58.7 Å². The van der Waals surface area contributed by atoms with Gasteiger partial charge in [-0.25, -0.2) is 27.8 Å². The number of esters is 1. The normalized spacial score (nSPS) is 16.8. The van der Waals surface area contributed by atoms with Gasteiger partial charge < -0.3 is 31.3 Å². The molecule has 5 amide bonds. The summed E-state index contributed by atoms with van der Waals surface area (Å²) in [5.41, 5.74) is 9.12. The van der Waals surface area contributed by atoms with Crippen LogP contribution in [0.25, 0.3) is 27.4 Å². The molecule has 2 aliphatic rings. The van der Waals surface area contributed by atoms with Crippen molar-refractivity contribution in [3.8, 4) is 22.7 Å². The number of aromatic nitrogens is 2. The summed E-state index contributed by atoms with van der Waals surface area (Å²) in [7, 11) is -4.10. The van der Waals surface area contributed by atoms with Gasteiger partial charge in [0.05, 0.1) is 28.4 Å². The van der Waals surface area contributed by atoms with Gasteiger partial charge in [-0.05, 0) is 124 Å². The highest BCUT2D eigenvalue weighted by Crippen LogP contribution is 2.37. The molecule has 3 heterocycles. The number of azide groups is 1. The average molecular weight is 1020 g/mol. The Morgan fingerprint density at radius 3 is 2.23 bits per heavy atom. The number of aryl methyl sites for hydroxylation is 2. The van der Waals surface area contributed by atoms with Crippen LogP contribution in [0.4, 0.5) is 23.7 Å². The van der Waals surface area contributed by atoms with E-state index in [9.17, 15) is 45.6 Å². The number of alkyl halides is 3. The van der Waals surface area contributed by atoms with Crippen LogP contribution < -0.4 is 36.5 Å². The van der Waals surface area contributed by atoms with Crippen LogP contribution in [-0.4, -0.2) is 90.1 Å². The number of thioether (sulfide) groups is 1. The summed E-state index contributed by atoms with van der Waals surface area (Å²) in [6.45, 7) is 4.09. The van der Waals surface area contributed by atoms with E-state index >= 15 is 0 Å². The first kappa shape index (κ1) is 53.7. The van der Waals surface area contributed by atoms with E-state index in [4.69, 9.17) is 15.4 Å². The molecule has 4 aromatic rings. The molecule has 0 aliphatic carbocycles. The van der Waals surface area contributed by atoms with Crippen molar-refractivity contribution in [1.29, 1.82) is 0 Å². The van der Waals surface area contributed by atoms with Crippen LogP contribution in [0.2, 0.25) is 0 Å². The summed E-state index contributed by atoms with van der Waals surface area (Å²) in [6.07, 6.45) is 1.44. The number of amides is 5. The zero-order valence-corrected chi connectivity index (χ0v) is 40.7. The number of nitrogens with zero attached hydrogens (tertiary/aromatic N) is 5. The number of urea groups is 1. The standard InChI is InChI=1S/C47H56F3N11O8S2/c1-28-24-29(2)38(25-34(28)37-26-40(47(48,49)50)59-61(37)32-18-20-33(21-19-32)71(52,67)68)69-45(65)35(55-44(64)30-14-16-31(17-15-30)58-60-51)10-7-9-23-54-41(62)12-4-3-8-22-53-42(63)13-6-5-11-39-43-36(27-70-39)56-46(66)57-43/h14-21,24-26,35-36,39,43H,3-13,22-23,27H2,1-2H3,(H,53,63)(H,54,62)(H,55,64)(H2,52,67,68)(H2,56,57,66)/t35-,36-,39-,43+/m0/s1. The number of sulfonamides is 1. The molecular formula is C47H56F3N11O8S2. The number of hydrogen-bond donors (Lipinski definition) is 6. The van der Waals surface area contributed by atoms with Crippen molar-refractivity contribution >= 4 is 57.2 Å². The Morgan fingerprint density at radius 1 is 0.915 bits per heavy atom. The van der Waals surface area contributed by atoms with E-state index in [1.165, 1.54) is 42.5 Å². The number of hydrogen-bond acceptors (Lipinski definition) is 11. The highest BCUT2D eigenvalue weighted by molar-refractivity contribution is 8.00. The molecule has 0 spiro atoms. The lowest BCUT2D eigenvalue weighted by Crippen LogP contribution is -2.43. The average Bonchev–Trinajstić information content (AvgIpc) is 4.04. The topological polar surface area (TPSA) is 281 Å². The molecule has 71 heavy (non-hydrogen) atoms. The number of ether oxygens (including phenoxy) is 1. The smallest absolute Gasteiger partial charge is 0.425 e. The predicted molar refractivity (Wildman–Crippen MR) is 259 cm³/mol. The van der Waals surface area contributed by atoms with Crippen molar-refractivity contribution in [2.24, 2.45) is 10.3 Å². The number of benzene rings is 3. The fourth-order valence-corrected chi connectivity index (χ4v) is 10.3. The number of rotatable bonds is 24. The van der Waals surface area contributed by atoms with Crippen LogP contribution in [0.15, 0.2) is 76.7 Å². The summed E-state index contributed by atoms with van der Waals surface area (Å²) in [5.74, 6) is -0.791. The third-order valence-corrected chi connectivity index (χ3v) is 14.5. The van der Waals surface area contributed by atoms with Crippen molar-refractivity contribution in [1.82, 2.24) is 36.4 Å². The molecular weight excluding hydrogens is 968 g/mol. The van der Waals surface area contributed by atoms with Gasteiger partial charge in [0.2, 0.25) is 21.8 Å². The number of halogens is 3. The van der Waals surface area contributed by atoms with E-state index in [2.05, 4.69) is 41.7 Å². The number of nitrogens with one attached hydrogen (secondary N) is 5. The minimum Gasteiger partial charge on any atom is -0.425 e. The number of unbranched alkanes of at least 4 members (excludes halogenated alkanes) is 4. The van der Waals surface area contributed by atoms with E-state index in [1.54, 1.807) is 19.9 Å².